The normalized spacial score (nSPS) is 9.80. The molecule has 5 rings (SSSR count). The molecule has 5 heterocycles. The monoisotopic (exact) mass is 646 g/mol. The second kappa shape index (κ2) is 16.2. The Kier molecular flexibility index (Phi) is 12.8. The summed E-state index contributed by atoms with van der Waals surface area (Å²) in [5.41, 5.74) is 3.15. The molecule has 5 aromatic heterocycles. The first kappa shape index (κ1) is 27.7. The first-order valence-corrected chi connectivity index (χ1v) is 10.9. The molecule has 0 saturated carbocycles. The number of aryl methyl sites for hydroxylation is 2. The maximum Gasteiger partial charge on any atom is 0.0943 e. The van der Waals surface area contributed by atoms with Gasteiger partial charge in [-0.1, -0.05) is 18.2 Å². The summed E-state index contributed by atoms with van der Waals surface area (Å²) in [7, 11) is 3.88. The summed E-state index contributed by atoms with van der Waals surface area (Å²) in [5.74, 6) is 0. The maximum atomic E-state index is 4.42. The molecule has 0 aliphatic carbocycles. The Hall–Kier alpha value is -3.53. The van der Waals surface area contributed by atoms with E-state index >= 15 is 0 Å². The Balaban J connectivity index is 0.000000271. The predicted octanol–water partition coefficient (Wildman–Crippen LogP) is 3.91. The molecule has 35 heavy (non-hydrogen) atoms. The SMILES string of the molecule is Cn1ccnc1.Cn1ccnc1.[Os].c1ccc(CN(Cc2ccccn2)Cc2ccccn2)nc1. The van der Waals surface area contributed by atoms with Crippen LogP contribution in [0.25, 0.3) is 0 Å². The summed E-state index contributed by atoms with van der Waals surface area (Å²) in [6.45, 7) is 2.32. The molecule has 0 N–H and O–H groups in total. The van der Waals surface area contributed by atoms with Gasteiger partial charge in [0.25, 0.3) is 0 Å². The van der Waals surface area contributed by atoms with Gasteiger partial charge in [0, 0.05) is 96.9 Å². The van der Waals surface area contributed by atoms with Gasteiger partial charge >= 0.3 is 0 Å². The first-order chi connectivity index (χ1) is 16.7. The van der Waals surface area contributed by atoms with E-state index in [0.717, 1.165) is 36.7 Å². The number of nitrogens with zero attached hydrogens (tertiary/aromatic N) is 8. The fraction of sp³-hybridized carbons (Fsp3) is 0.192. The average Bonchev–Trinajstić information content (AvgIpc) is 3.55. The van der Waals surface area contributed by atoms with E-state index in [2.05, 4.69) is 29.8 Å². The van der Waals surface area contributed by atoms with Gasteiger partial charge in [0.2, 0.25) is 0 Å². The fourth-order valence-corrected chi connectivity index (χ4v) is 2.98. The van der Waals surface area contributed by atoms with Crippen LogP contribution in [0.3, 0.4) is 0 Å². The summed E-state index contributed by atoms with van der Waals surface area (Å²) in [5, 5.41) is 0. The van der Waals surface area contributed by atoms with Gasteiger partial charge in [0.1, 0.15) is 0 Å². The molecule has 9 heteroatoms. The number of imidazole rings is 2. The van der Waals surface area contributed by atoms with Crippen LogP contribution in [0, 0.1) is 0 Å². The molecular weight excluding hydrogens is 615 g/mol. The van der Waals surface area contributed by atoms with Crippen molar-refractivity contribution in [3.63, 3.8) is 0 Å². The molecule has 0 bridgehead atoms. The molecule has 0 aliphatic heterocycles. The maximum absolute atomic E-state index is 4.42. The largest absolute Gasteiger partial charge is 0.341 e. The molecule has 0 spiro atoms. The van der Waals surface area contributed by atoms with Crippen LogP contribution in [0.4, 0.5) is 0 Å². The molecule has 0 radical (unpaired) electrons. The van der Waals surface area contributed by atoms with Gasteiger partial charge in [0.15, 0.2) is 0 Å². The second-order valence-electron chi connectivity index (χ2n) is 7.56. The van der Waals surface area contributed by atoms with Crippen molar-refractivity contribution in [3.8, 4) is 0 Å². The van der Waals surface area contributed by atoms with Crippen molar-refractivity contribution in [2.24, 2.45) is 14.1 Å². The Morgan fingerprint density at radius 1 is 0.571 bits per heavy atom. The summed E-state index contributed by atoms with van der Waals surface area (Å²) in [4.78, 5) is 23.1. The zero-order valence-electron chi connectivity index (χ0n) is 19.9. The van der Waals surface area contributed by atoms with E-state index in [1.54, 1.807) is 25.0 Å². The standard InChI is InChI=1S/C18H18N4.2C4H6N2.Os/c1-4-10-19-16(7-1)13-22(14-17-8-2-5-11-20-17)15-18-9-3-6-12-21-18;2*1-6-3-2-5-4-6;/h1-12H,13-15H2;2*2-4H,1H3;. The van der Waals surface area contributed by atoms with E-state index in [1.807, 2.05) is 109 Å². The van der Waals surface area contributed by atoms with E-state index in [1.165, 1.54) is 0 Å². The molecule has 0 amide bonds. The minimum absolute atomic E-state index is 0. The van der Waals surface area contributed by atoms with Crippen LogP contribution in [0.2, 0.25) is 0 Å². The van der Waals surface area contributed by atoms with Crippen molar-refractivity contribution in [3.05, 3.63) is 128 Å². The number of pyridine rings is 3. The van der Waals surface area contributed by atoms with E-state index in [-0.39, 0.29) is 19.8 Å². The quantitative estimate of drug-likeness (QED) is 0.279. The minimum atomic E-state index is 0. The third kappa shape index (κ3) is 11.4. The Morgan fingerprint density at radius 2 is 0.943 bits per heavy atom. The summed E-state index contributed by atoms with van der Waals surface area (Å²) < 4.78 is 3.78. The van der Waals surface area contributed by atoms with Gasteiger partial charge in [-0.05, 0) is 36.4 Å². The van der Waals surface area contributed by atoms with Gasteiger partial charge in [0.05, 0.1) is 29.7 Å². The summed E-state index contributed by atoms with van der Waals surface area (Å²) >= 11 is 0. The van der Waals surface area contributed by atoms with Crippen molar-refractivity contribution in [1.82, 2.24) is 39.0 Å². The van der Waals surface area contributed by atoms with Crippen molar-refractivity contribution >= 4 is 0 Å². The van der Waals surface area contributed by atoms with Gasteiger partial charge in [-0.2, -0.15) is 0 Å². The molecule has 8 nitrogen and oxygen atoms in total. The average molecular weight is 645 g/mol. The molecule has 182 valence electrons. The van der Waals surface area contributed by atoms with Crippen LogP contribution >= 0.6 is 0 Å². The molecule has 0 fully saturated rings. The van der Waals surface area contributed by atoms with Crippen LogP contribution in [0.15, 0.2) is 111 Å². The van der Waals surface area contributed by atoms with E-state index < -0.39 is 0 Å². The number of rotatable bonds is 6. The Morgan fingerprint density at radius 3 is 1.14 bits per heavy atom. The minimum Gasteiger partial charge on any atom is -0.341 e. The Bertz CT molecular complexity index is 1010. The number of aromatic nitrogens is 7. The summed E-state index contributed by atoms with van der Waals surface area (Å²) in [6.07, 6.45) is 16.3. The molecular formula is C26H30N8Os. The second-order valence-corrected chi connectivity index (χ2v) is 7.56. The van der Waals surface area contributed by atoms with Crippen LogP contribution in [-0.4, -0.2) is 39.0 Å². The zero-order valence-corrected chi connectivity index (χ0v) is 22.5. The molecule has 0 aromatic carbocycles. The van der Waals surface area contributed by atoms with Crippen molar-refractivity contribution in [2.75, 3.05) is 0 Å². The third-order valence-electron chi connectivity index (χ3n) is 4.61. The van der Waals surface area contributed by atoms with E-state index in [0.29, 0.717) is 0 Å². The van der Waals surface area contributed by atoms with Gasteiger partial charge in [-0.15, -0.1) is 0 Å². The van der Waals surface area contributed by atoms with Crippen LogP contribution in [0.1, 0.15) is 17.1 Å². The molecule has 0 aliphatic rings. The zero-order chi connectivity index (χ0) is 23.8. The van der Waals surface area contributed by atoms with Crippen molar-refractivity contribution in [2.45, 2.75) is 19.6 Å². The van der Waals surface area contributed by atoms with E-state index in [9.17, 15) is 0 Å². The van der Waals surface area contributed by atoms with Crippen molar-refractivity contribution < 1.29 is 19.8 Å². The van der Waals surface area contributed by atoms with Crippen LogP contribution in [0.5, 0.6) is 0 Å². The molecule has 0 unspecified atom stereocenters. The number of hydrogen-bond acceptors (Lipinski definition) is 6. The topological polar surface area (TPSA) is 77.5 Å². The summed E-state index contributed by atoms with van der Waals surface area (Å²) in [6, 6.07) is 18.0. The fourth-order valence-electron chi connectivity index (χ4n) is 2.98. The smallest absolute Gasteiger partial charge is 0.0943 e. The third-order valence-corrected chi connectivity index (χ3v) is 4.61. The van der Waals surface area contributed by atoms with E-state index in [4.69, 9.17) is 0 Å². The molecule has 0 saturated heterocycles. The van der Waals surface area contributed by atoms with Crippen LogP contribution in [-0.2, 0) is 53.5 Å². The molecule has 5 aromatic rings. The number of hydrogen-bond donors (Lipinski definition) is 0. The molecule has 0 atom stereocenters. The van der Waals surface area contributed by atoms with Crippen molar-refractivity contribution in [1.29, 1.82) is 0 Å². The van der Waals surface area contributed by atoms with Gasteiger partial charge < -0.3 is 9.13 Å². The van der Waals surface area contributed by atoms with Crippen LogP contribution < -0.4 is 0 Å². The predicted molar refractivity (Wildman–Crippen MR) is 132 cm³/mol. The van der Waals surface area contributed by atoms with Gasteiger partial charge in [-0.25, -0.2) is 9.97 Å². The Labute approximate surface area is 219 Å². The first-order valence-electron chi connectivity index (χ1n) is 10.9. The van der Waals surface area contributed by atoms with Gasteiger partial charge in [-0.3, -0.25) is 19.9 Å².